The van der Waals surface area contributed by atoms with Crippen molar-refractivity contribution in [2.75, 3.05) is 0 Å². The van der Waals surface area contributed by atoms with Crippen molar-refractivity contribution in [2.45, 2.75) is 19.9 Å². The first-order valence-electron chi connectivity index (χ1n) is 3.27. The van der Waals surface area contributed by atoms with Gasteiger partial charge in [-0.05, 0) is 13.8 Å². The molecule has 0 saturated heterocycles. The van der Waals surface area contributed by atoms with Crippen LogP contribution in [0.1, 0.15) is 19.9 Å². The SMILES string of the molecule is [C-]#[N+]c1cn(C(C)C)nc1F. The van der Waals surface area contributed by atoms with Crippen LogP contribution in [0.15, 0.2) is 6.20 Å². The lowest BCUT2D eigenvalue weighted by Crippen LogP contribution is -2.00. The molecule has 0 spiro atoms. The predicted molar refractivity (Wildman–Crippen MR) is 38.8 cm³/mol. The maximum atomic E-state index is 12.6. The van der Waals surface area contributed by atoms with E-state index in [9.17, 15) is 4.39 Å². The van der Waals surface area contributed by atoms with Gasteiger partial charge in [0, 0.05) is 12.2 Å². The van der Waals surface area contributed by atoms with Crippen molar-refractivity contribution in [3.05, 3.63) is 23.6 Å². The van der Waals surface area contributed by atoms with Crippen molar-refractivity contribution >= 4 is 5.69 Å². The molecule has 58 valence electrons. The number of halogens is 1. The van der Waals surface area contributed by atoms with E-state index in [-0.39, 0.29) is 11.7 Å². The smallest absolute Gasteiger partial charge is 0.259 e. The molecule has 0 atom stereocenters. The Bertz CT molecular complexity index is 295. The zero-order valence-corrected chi connectivity index (χ0v) is 6.37. The summed E-state index contributed by atoms with van der Waals surface area (Å²) in [5, 5.41) is 3.52. The molecular weight excluding hydrogens is 145 g/mol. The highest BCUT2D eigenvalue weighted by atomic mass is 19.1. The predicted octanol–water partition coefficient (Wildman–Crippen LogP) is 2.15. The van der Waals surface area contributed by atoms with Crippen LogP contribution in [0.25, 0.3) is 4.85 Å². The van der Waals surface area contributed by atoms with Crippen LogP contribution in [0, 0.1) is 12.5 Å². The minimum atomic E-state index is -0.686. The minimum absolute atomic E-state index is 0.0151. The van der Waals surface area contributed by atoms with Crippen molar-refractivity contribution < 1.29 is 4.39 Å². The Balaban J connectivity index is 3.07. The molecule has 1 aromatic rings. The van der Waals surface area contributed by atoms with Gasteiger partial charge in [-0.2, -0.15) is 9.49 Å². The summed E-state index contributed by atoms with van der Waals surface area (Å²) in [5.74, 6) is -0.686. The van der Waals surface area contributed by atoms with Gasteiger partial charge in [0.2, 0.25) is 5.95 Å². The normalized spacial score (nSPS) is 10.1. The molecule has 0 amide bonds. The minimum Gasteiger partial charge on any atom is -0.279 e. The van der Waals surface area contributed by atoms with E-state index in [1.807, 2.05) is 13.8 Å². The second kappa shape index (κ2) is 2.70. The van der Waals surface area contributed by atoms with Crippen LogP contribution in [0.2, 0.25) is 0 Å². The van der Waals surface area contributed by atoms with Gasteiger partial charge in [-0.15, -0.1) is 0 Å². The summed E-state index contributed by atoms with van der Waals surface area (Å²) in [6.07, 6.45) is 1.41. The maximum absolute atomic E-state index is 12.6. The Morgan fingerprint density at radius 2 is 2.36 bits per heavy atom. The third-order valence-electron chi connectivity index (χ3n) is 1.32. The van der Waals surface area contributed by atoms with Crippen molar-refractivity contribution in [2.24, 2.45) is 0 Å². The number of hydrogen-bond acceptors (Lipinski definition) is 1. The van der Waals surface area contributed by atoms with Crippen molar-refractivity contribution in [3.63, 3.8) is 0 Å². The highest BCUT2D eigenvalue weighted by Gasteiger charge is 2.08. The number of hydrogen-bond donors (Lipinski definition) is 0. The zero-order chi connectivity index (χ0) is 8.43. The molecule has 0 bridgehead atoms. The van der Waals surface area contributed by atoms with Crippen LogP contribution in [-0.4, -0.2) is 9.78 Å². The summed E-state index contributed by atoms with van der Waals surface area (Å²) in [7, 11) is 0. The second-order valence-corrected chi connectivity index (χ2v) is 2.49. The topological polar surface area (TPSA) is 22.2 Å². The van der Waals surface area contributed by atoms with Gasteiger partial charge in [-0.1, -0.05) is 0 Å². The molecule has 1 rings (SSSR count). The molecule has 1 aromatic heterocycles. The Labute approximate surface area is 64.3 Å². The van der Waals surface area contributed by atoms with Gasteiger partial charge < -0.3 is 0 Å². The lowest BCUT2D eigenvalue weighted by atomic mass is 10.4. The van der Waals surface area contributed by atoms with E-state index < -0.39 is 5.95 Å². The van der Waals surface area contributed by atoms with Crippen LogP contribution in [0.3, 0.4) is 0 Å². The van der Waals surface area contributed by atoms with Gasteiger partial charge in [0.1, 0.15) is 0 Å². The molecule has 4 heteroatoms. The van der Waals surface area contributed by atoms with Crippen molar-refractivity contribution in [3.8, 4) is 0 Å². The number of aromatic nitrogens is 2. The Morgan fingerprint density at radius 3 is 2.64 bits per heavy atom. The average Bonchev–Trinajstić information content (AvgIpc) is 2.31. The molecule has 0 unspecified atom stereocenters. The van der Waals surface area contributed by atoms with Gasteiger partial charge >= 0.3 is 0 Å². The summed E-state index contributed by atoms with van der Waals surface area (Å²) in [6, 6.07) is 0.0972. The summed E-state index contributed by atoms with van der Waals surface area (Å²) in [6.45, 7) is 10.3. The first kappa shape index (κ1) is 7.73. The molecule has 0 aliphatic carbocycles. The van der Waals surface area contributed by atoms with Gasteiger partial charge in [-0.25, -0.2) is 4.85 Å². The van der Waals surface area contributed by atoms with E-state index in [2.05, 4.69) is 9.94 Å². The van der Waals surface area contributed by atoms with E-state index in [0.29, 0.717) is 0 Å². The quantitative estimate of drug-likeness (QED) is 0.566. The van der Waals surface area contributed by atoms with Crippen LogP contribution in [0.4, 0.5) is 10.1 Å². The van der Waals surface area contributed by atoms with E-state index in [0.717, 1.165) is 0 Å². The highest BCUT2D eigenvalue weighted by Crippen LogP contribution is 2.17. The van der Waals surface area contributed by atoms with E-state index in [1.54, 1.807) is 0 Å². The fourth-order valence-electron chi connectivity index (χ4n) is 0.700. The standard InChI is InChI=1S/C7H8FN3/c1-5(2)11-4-6(9-3)7(8)10-11/h4-5H,1-2H3. The van der Waals surface area contributed by atoms with Crippen molar-refractivity contribution in [1.82, 2.24) is 9.78 Å². The average molecular weight is 153 g/mol. The first-order chi connectivity index (χ1) is 5.15. The molecule has 0 aliphatic rings. The Kier molecular flexibility index (Phi) is 1.90. The van der Waals surface area contributed by atoms with E-state index in [4.69, 9.17) is 6.57 Å². The van der Waals surface area contributed by atoms with Gasteiger partial charge in [0.05, 0.1) is 6.57 Å². The fourth-order valence-corrected chi connectivity index (χ4v) is 0.700. The van der Waals surface area contributed by atoms with E-state index in [1.165, 1.54) is 10.9 Å². The molecule has 0 radical (unpaired) electrons. The second-order valence-electron chi connectivity index (χ2n) is 2.49. The summed E-state index contributed by atoms with van der Waals surface area (Å²) in [5.41, 5.74) is -0.0151. The summed E-state index contributed by atoms with van der Waals surface area (Å²) in [4.78, 5) is 2.96. The lowest BCUT2D eigenvalue weighted by molar-refractivity contribution is 0.482. The van der Waals surface area contributed by atoms with Crippen LogP contribution < -0.4 is 0 Å². The molecule has 0 fully saturated rings. The molecule has 1 heterocycles. The third-order valence-corrected chi connectivity index (χ3v) is 1.32. The fraction of sp³-hybridized carbons (Fsp3) is 0.429. The summed E-state index contributed by atoms with van der Waals surface area (Å²) < 4.78 is 14.1. The van der Waals surface area contributed by atoms with E-state index >= 15 is 0 Å². The van der Waals surface area contributed by atoms with Gasteiger partial charge in [0.15, 0.2) is 0 Å². The van der Waals surface area contributed by atoms with Gasteiger partial charge in [-0.3, -0.25) is 4.68 Å². The molecule has 0 N–H and O–H groups in total. The Morgan fingerprint density at radius 1 is 1.73 bits per heavy atom. The van der Waals surface area contributed by atoms with Gasteiger partial charge in [0.25, 0.3) is 5.69 Å². The third kappa shape index (κ3) is 1.37. The molecule has 11 heavy (non-hydrogen) atoms. The monoisotopic (exact) mass is 153 g/mol. The zero-order valence-electron chi connectivity index (χ0n) is 6.37. The molecule has 0 aromatic carbocycles. The molecule has 3 nitrogen and oxygen atoms in total. The van der Waals surface area contributed by atoms with Crippen LogP contribution >= 0.6 is 0 Å². The molecule has 0 aliphatic heterocycles. The van der Waals surface area contributed by atoms with Crippen LogP contribution in [-0.2, 0) is 0 Å². The maximum Gasteiger partial charge on any atom is 0.259 e. The largest absolute Gasteiger partial charge is 0.279 e. The Hall–Kier alpha value is -1.37. The number of rotatable bonds is 1. The van der Waals surface area contributed by atoms with Crippen LogP contribution in [0.5, 0.6) is 0 Å². The lowest BCUT2D eigenvalue weighted by Gasteiger charge is -2.02. The first-order valence-corrected chi connectivity index (χ1v) is 3.27. The molecule has 0 saturated carbocycles. The summed E-state index contributed by atoms with van der Waals surface area (Å²) >= 11 is 0. The number of nitrogens with zero attached hydrogens (tertiary/aromatic N) is 3. The highest BCUT2D eigenvalue weighted by molar-refractivity contribution is 5.40. The van der Waals surface area contributed by atoms with Crippen molar-refractivity contribution in [1.29, 1.82) is 0 Å². The molecular formula is C7H8FN3.